The van der Waals surface area contributed by atoms with Crippen LogP contribution >= 0.6 is 0 Å². The van der Waals surface area contributed by atoms with E-state index in [2.05, 4.69) is 103 Å². The summed E-state index contributed by atoms with van der Waals surface area (Å²) in [7, 11) is 0. The highest BCUT2D eigenvalue weighted by Crippen LogP contribution is 2.30. The molecule has 35 heavy (non-hydrogen) atoms. The molecule has 0 fully saturated rings. The van der Waals surface area contributed by atoms with Crippen molar-refractivity contribution in [2.45, 2.75) is 6.54 Å². The zero-order valence-corrected chi connectivity index (χ0v) is 19.5. The smallest absolute Gasteiger partial charge is 0.154 e. The van der Waals surface area contributed by atoms with Gasteiger partial charge in [0.15, 0.2) is 5.84 Å². The van der Waals surface area contributed by atoms with Crippen LogP contribution in [0.15, 0.2) is 143 Å². The predicted molar refractivity (Wildman–Crippen MR) is 149 cm³/mol. The molecule has 168 valence electrons. The van der Waals surface area contributed by atoms with E-state index in [1.807, 2.05) is 42.5 Å². The average Bonchev–Trinajstić information content (AvgIpc) is 2.95. The molecule has 0 radical (unpaired) electrons. The van der Waals surface area contributed by atoms with Gasteiger partial charge in [0.2, 0.25) is 0 Å². The molecule has 5 rings (SSSR count). The van der Waals surface area contributed by atoms with Crippen molar-refractivity contribution in [3.63, 3.8) is 0 Å². The van der Waals surface area contributed by atoms with Crippen LogP contribution in [0.25, 0.3) is 33.4 Å². The molecule has 2 nitrogen and oxygen atoms in total. The van der Waals surface area contributed by atoms with Crippen LogP contribution in [0.3, 0.4) is 0 Å². The molecule has 0 atom stereocenters. The lowest BCUT2D eigenvalue weighted by molar-refractivity contribution is 1.06. The van der Waals surface area contributed by atoms with Gasteiger partial charge in [-0.1, -0.05) is 115 Å². The fourth-order valence-corrected chi connectivity index (χ4v) is 4.22. The van der Waals surface area contributed by atoms with E-state index in [0.29, 0.717) is 12.4 Å². The Kier molecular flexibility index (Phi) is 6.72. The fraction of sp³-hybridized carbons (Fsp3) is 0.0303. The summed E-state index contributed by atoms with van der Waals surface area (Å²) in [6, 6.07) is 46.4. The third-order valence-corrected chi connectivity index (χ3v) is 6.02. The maximum Gasteiger partial charge on any atom is 0.154 e. The van der Waals surface area contributed by atoms with E-state index in [9.17, 15) is 0 Å². The van der Waals surface area contributed by atoms with Gasteiger partial charge in [-0.25, -0.2) is 4.99 Å². The number of nitrogens with zero attached hydrogens (tertiary/aromatic N) is 2. The molecule has 5 aromatic rings. The highest BCUT2D eigenvalue weighted by molar-refractivity contribution is 6.01. The first-order valence-corrected chi connectivity index (χ1v) is 11.7. The van der Waals surface area contributed by atoms with Crippen LogP contribution in [0.2, 0.25) is 0 Å². The van der Waals surface area contributed by atoms with Crippen molar-refractivity contribution in [1.82, 2.24) is 0 Å². The van der Waals surface area contributed by atoms with Crippen LogP contribution in [0.1, 0.15) is 11.1 Å². The summed E-state index contributed by atoms with van der Waals surface area (Å²) in [5, 5.41) is 0. The second kappa shape index (κ2) is 10.6. The van der Waals surface area contributed by atoms with Gasteiger partial charge in [-0.15, -0.1) is 0 Å². The molecule has 0 amide bonds. The van der Waals surface area contributed by atoms with Gasteiger partial charge in [0.1, 0.15) is 0 Å². The van der Waals surface area contributed by atoms with Crippen LogP contribution in [-0.4, -0.2) is 12.6 Å². The number of hydrogen-bond acceptors (Lipinski definition) is 1. The van der Waals surface area contributed by atoms with Crippen molar-refractivity contribution in [3.8, 4) is 33.4 Å². The molecular formula is C33H26N2. The van der Waals surface area contributed by atoms with Crippen LogP contribution < -0.4 is 0 Å². The molecule has 0 aliphatic heterocycles. The molecule has 0 saturated carbocycles. The summed E-state index contributed by atoms with van der Waals surface area (Å²) in [6.45, 7) is 4.26. The monoisotopic (exact) mass is 450 g/mol. The highest BCUT2D eigenvalue weighted by Gasteiger charge is 2.07. The van der Waals surface area contributed by atoms with Crippen LogP contribution in [0, 0.1) is 0 Å². The van der Waals surface area contributed by atoms with E-state index in [1.165, 1.54) is 33.4 Å². The quantitative estimate of drug-likeness (QED) is 0.183. The molecule has 0 heterocycles. The summed E-state index contributed by atoms with van der Waals surface area (Å²) >= 11 is 0. The predicted octanol–water partition coefficient (Wildman–Crippen LogP) is 8.34. The first kappa shape index (κ1) is 22.2. The largest absolute Gasteiger partial charge is 0.261 e. The molecule has 0 N–H and O–H groups in total. The summed E-state index contributed by atoms with van der Waals surface area (Å²) in [4.78, 5) is 8.97. The Morgan fingerprint density at radius 2 is 0.914 bits per heavy atom. The number of amidine groups is 1. The molecule has 2 heteroatoms. The zero-order valence-electron chi connectivity index (χ0n) is 19.5. The minimum Gasteiger partial charge on any atom is -0.261 e. The van der Waals surface area contributed by atoms with E-state index in [0.717, 1.165) is 11.1 Å². The lowest BCUT2D eigenvalue weighted by Crippen LogP contribution is -1.98. The fourth-order valence-electron chi connectivity index (χ4n) is 4.22. The number of aliphatic imine (C=N–C) groups is 2. The topological polar surface area (TPSA) is 24.7 Å². The van der Waals surface area contributed by atoms with Gasteiger partial charge in [0.05, 0.1) is 6.54 Å². The van der Waals surface area contributed by atoms with Gasteiger partial charge in [-0.2, -0.15) is 0 Å². The van der Waals surface area contributed by atoms with Crippen molar-refractivity contribution in [1.29, 1.82) is 0 Å². The summed E-state index contributed by atoms with van der Waals surface area (Å²) in [5.74, 6) is 0.657. The minimum atomic E-state index is 0.527. The molecular weight excluding hydrogens is 424 g/mol. The van der Waals surface area contributed by atoms with Crippen LogP contribution in [0.5, 0.6) is 0 Å². The summed E-state index contributed by atoms with van der Waals surface area (Å²) < 4.78 is 0. The van der Waals surface area contributed by atoms with Crippen molar-refractivity contribution in [3.05, 3.63) is 145 Å². The molecule has 0 aromatic heterocycles. The molecule has 5 aromatic carbocycles. The molecule has 0 saturated heterocycles. The zero-order chi connectivity index (χ0) is 23.9. The maximum absolute atomic E-state index is 4.79. The molecule has 0 aliphatic carbocycles. The maximum atomic E-state index is 4.79. The van der Waals surface area contributed by atoms with Crippen molar-refractivity contribution >= 4 is 12.6 Å². The number of benzene rings is 5. The number of hydrogen-bond donors (Lipinski definition) is 0. The number of rotatable bonds is 6. The molecule has 0 bridgehead atoms. The SMILES string of the molecule is C=NC(=NCc1cc(-c2ccccc2)cc(-c2ccc(-c3ccccc3)cc2)c1)c1ccccc1. The van der Waals surface area contributed by atoms with Gasteiger partial charge in [-0.05, 0) is 63.9 Å². The Bertz CT molecular complexity index is 1440. The van der Waals surface area contributed by atoms with E-state index in [-0.39, 0.29) is 0 Å². The highest BCUT2D eigenvalue weighted by atomic mass is 14.9. The first-order valence-electron chi connectivity index (χ1n) is 11.7. The Morgan fingerprint density at radius 1 is 0.486 bits per heavy atom. The first-order chi connectivity index (χ1) is 17.3. The third-order valence-electron chi connectivity index (χ3n) is 6.02. The second-order valence-electron chi connectivity index (χ2n) is 8.39. The van der Waals surface area contributed by atoms with E-state index < -0.39 is 0 Å². The summed E-state index contributed by atoms with van der Waals surface area (Å²) in [6.07, 6.45) is 0. The van der Waals surface area contributed by atoms with Crippen molar-refractivity contribution < 1.29 is 0 Å². The molecule has 0 aliphatic rings. The standard InChI is InChI=1S/C33H26N2/c1-34-33(30-15-9-4-10-16-30)35-24-25-21-31(27-13-7-3-8-14-27)23-32(22-25)29-19-17-28(18-20-29)26-11-5-2-6-12-26/h2-23H,1,24H2. The van der Waals surface area contributed by atoms with Gasteiger partial charge in [0, 0.05) is 5.56 Å². The summed E-state index contributed by atoms with van der Waals surface area (Å²) in [5.41, 5.74) is 9.24. The minimum absolute atomic E-state index is 0.527. The molecule has 0 unspecified atom stereocenters. The van der Waals surface area contributed by atoms with Crippen LogP contribution in [0.4, 0.5) is 0 Å². The van der Waals surface area contributed by atoms with E-state index in [1.54, 1.807) is 0 Å². The average molecular weight is 451 g/mol. The Morgan fingerprint density at radius 3 is 1.43 bits per heavy atom. The Hall–Kier alpha value is -4.56. The van der Waals surface area contributed by atoms with E-state index >= 15 is 0 Å². The lowest BCUT2D eigenvalue weighted by Gasteiger charge is -2.11. The molecule has 0 spiro atoms. The second-order valence-corrected chi connectivity index (χ2v) is 8.39. The van der Waals surface area contributed by atoms with Crippen molar-refractivity contribution in [2.24, 2.45) is 9.98 Å². The normalized spacial score (nSPS) is 11.3. The van der Waals surface area contributed by atoms with Gasteiger partial charge in [-0.3, -0.25) is 4.99 Å². The van der Waals surface area contributed by atoms with Gasteiger partial charge >= 0.3 is 0 Å². The van der Waals surface area contributed by atoms with E-state index in [4.69, 9.17) is 4.99 Å². The van der Waals surface area contributed by atoms with Gasteiger partial charge < -0.3 is 0 Å². The third kappa shape index (κ3) is 5.34. The van der Waals surface area contributed by atoms with Crippen molar-refractivity contribution in [2.75, 3.05) is 0 Å². The van der Waals surface area contributed by atoms with Crippen LogP contribution in [-0.2, 0) is 6.54 Å². The Balaban J connectivity index is 1.52. The lowest BCUT2D eigenvalue weighted by atomic mass is 9.95. The Labute approximate surface area is 207 Å². The van der Waals surface area contributed by atoms with Gasteiger partial charge in [0.25, 0.3) is 0 Å².